The second-order valence-corrected chi connectivity index (χ2v) is 7.20. The lowest BCUT2D eigenvalue weighted by Crippen LogP contribution is -2.02. The van der Waals surface area contributed by atoms with Crippen LogP contribution >= 0.6 is 24.0 Å². The van der Waals surface area contributed by atoms with E-state index in [9.17, 15) is 0 Å². The minimum atomic E-state index is 0.863. The van der Waals surface area contributed by atoms with E-state index < -0.39 is 0 Å². The molecule has 6 heteroatoms. The van der Waals surface area contributed by atoms with Gasteiger partial charge < -0.3 is 13.7 Å². The van der Waals surface area contributed by atoms with Crippen LogP contribution in [0.25, 0.3) is 22.1 Å². The summed E-state index contributed by atoms with van der Waals surface area (Å²) < 4.78 is 7.30. The molecule has 4 rings (SSSR count). The Bertz CT molecular complexity index is 1090. The molecule has 0 bridgehead atoms. The summed E-state index contributed by atoms with van der Waals surface area (Å²) in [5.41, 5.74) is 4.58. The first-order valence-corrected chi connectivity index (χ1v) is 9.24. The van der Waals surface area contributed by atoms with Crippen molar-refractivity contribution in [1.29, 1.82) is 0 Å². The monoisotopic (exact) mass is 354 g/mol. The molecule has 0 aliphatic carbocycles. The summed E-state index contributed by atoms with van der Waals surface area (Å²) in [7, 11) is 4.10. The van der Waals surface area contributed by atoms with E-state index in [2.05, 4.69) is 57.1 Å². The van der Waals surface area contributed by atoms with Crippen LogP contribution < -0.4 is 0 Å². The summed E-state index contributed by atoms with van der Waals surface area (Å²) in [6.45, 7) is 0.869. The molecule has 122 valence electrons. The number of para-hydroxylation sites is 4. The molecule has 0 fully saturated rings. The van der Waals surface area contributed by atoms with E-state index in [1.54, 1.807) is 11.8 Å². The van der Waals surface area contributed by atoms with Crippen molar-refractivity contribution in [3.63, 3.8) is 0 Å². The Morgan fingerprint density at radius 2 is 1.58 bits per heavy atom. The number of imidazole rings is 2. The fraction of sp³-hybridized carbons (Fsp3) is 0.222. The highest BCUT2D eigenvalue weighted by Gasteiger charge is 2.10. The maximum Gasteiger partial charge on any atom is 0.180 e. The fourth-order valence-electron chi connectivity index (χ4n) is 3.06. The average Bonchev–Trinajstić information content (AvgIpc) is 3.05. The highest BCUT2D eigenvalue weighted by Crippen LogP contribution is 2.24. The molecule has 0 aliphatic heterocycles. The number of hydrogen-bond acceptors (Lipinski definition) is 3. The number of aryl methyl sites for hydroxylation is 3. The molecule has 2 heterocycles. The zero-order chi connectivity index (χ0) is 16.7. The molecule has 0 unspecified atom stereocenters. The van der Waals surface area contributed by atoms with E-state index >= 15 is 0 Å². The molecule has 0 saturated heterocycles. The second-order valence-electron chi connectivity index (χ2n) is 5.77. The van der Waals surface area contributed by atoms with Gasteiger partial charge in [-0.2, -0.15) is 0 Å². The molecule has 0 radical (unpaired) electrons. The predicted molar refractivity (Wildman–Crippen MR) is 103 cm³/mol. The van der Waals surface area contributed by atoms with Crippen LogP contribution in [0.15, 0.2) is 53.7 Å². The van der Waals surface area contributed by atoms with Crippen molar-refractivity contribution in [2.75, 3.05) is 5.75 Å². The summed E-state index contributed by atoms with van der Waals surface area (Å²) >= 11 is 7.37. The van der Waals surface area contributed by atoms with E-state index in [0.717, 1.165) is 27.7 Å². The van der Waals surface area contributed by atoms with Crippen LogP contribution in [0, 0.1) is 4.77 Å². The molecular weight excluding hydrogens is 336 g/mol. The number of rotatable bonds is 4. The van der Waals surface area contributed by atoms with Gasteiger partial charge in [0.05, 0.1) is 22.1 Å². The van der Waals surface area contributed by atoms with Crippen LogP contribution in [0.3, 0.4) is 0 Å². The van der Waals surface area contributed by atoms with Gasteiger partial charge in [-0.1, -0.05) is 36.0 Å². The van der Waals surface area contributed by atoms with E-state index in [-0.39, 0.29) is 0 Å². The van der Waals surface area contributed by atoms with Gasteiger partial charge in [0.15, 0.2) is 9.93 Å². The van der Waals surface area contributed by atoms with E-state index in [1.165, 1.54) is 16.6 Å². The summed E-state index contributed by atoms with van der Waals surface area (Å²) in [4.78, 5) is 4.72. The Kier molecular flexibility index (Phi) is 3.94. The van der Waals surface area contributed by atoms with Gasteiger partial charge in [-0.05, 0) is 36.5 Å². The molecule has 2 aromatic heterocycles. The third-order valence-corrected chi connectivity index (χ3v) is 5.85. The summed E-state index contributed by atoms with van der Waals surface area (Å²) in [5, 5.41) is 1.04. The SMILES string of the molecule is Cn1c(SCCn2c(=S)n(C)c3ccccc32)nc2ccccc21. The quantitative estimate of drug-likeness (QED) is 0.402. The molecule has 0 saturated carbocycles. The van der Waals surface area contributed by atoms with Crippen molar-refractivity contribution in [2.24, 2.45) is 14.1 Å². The third-order valence-electron chi connectivity index (χ3n) is 4.34. The number of nitrogens with zero attached hydrogens (tertiary/aromatic N) is 4. The molecule has 4 aromatic rings. The molecule has 0 atom stereocenters. The van der Waals surface area contributed by atoms with E-state index in [1.807, 2.05) is 19.2 Å². The van der Waals surface area contributed by atoms with Gasteiger partial charge in [0.25, 0.3) is 0 Å². The van der Waals surface area contributed by atoms with Gasteiger partial charge in [-0.15, -0.1) is 0 Å². The summed E-state index contributed by atoms with van der Waals surface area (Å²) in [6.07, 6.45) is 0. The molecule has 0 amide bonds. The molecular formula is C18H18N4S2. The minimum Gasteiger partial charge on any atom is -0.322 e. The summed E-state index contributed by atoms with van der Waals surface area (Å²) in [6, 6.07) is 16.6. The van der Waals surface area contributed by atoms with Gasteiger partial charge >= 0.3 is 0 Å². The molecule has 24 heavy (non-hydrogen) atoms. The van der Waals surface area contributed by atoms with Crippen LogP contribution in [0.2, 0.25) is 0 Å². The predicted octanol–water partition coefficient (Wildman–Crippen LogP) is 4.39. The van der Waals surface area contributed by atoms with Crippen LogP contribution in [-0.4, -0.2) is 24.4 Å². The molecule has 4 nitrogen and oxygen atoms in total. The normalized spacial score (nSPS) is 11.6. The van der Waals surface area contributed by atoms with Crippen molar-refractivity contribution >= 4 is 46.0 Å². The highest BCUT2D eigenvalue weighted by atomic mass is 32.2. The maximum absolute atomic E-state index is 5.60. The lowest BCUT2D eigenvalue weighted by atomic mass is 10.3. The van der Waals surface area contributed by atoms with Crippen LogP contribution in [0.4, 0.5) is 0 Å². The standard InChI is InChI=1S/C18H18N4S2/c1-20-14-8-4-3-7-13(14)19-17(20)24-12-11-22-16-10-6-5-9-15(16)21(2)18(22)23/h3-10H,11-12H2,1-2H3. The Morgan fingerprint density at radius 1 is 0.917 bits per heavy atom. The Morgan fingerprint density at radius 3 is 2.33 bits per heavy atom. The first-order chi connectivity index (χ1) is 11.7. The number of hydrogen-bond donors (Lipinski definition) is 0. The van der Waals surface area contributed by atoms with Crippen molar-refractivity contribution in [3.8, 4) is 0 Å². The minimum absolute atomic E-state index is 0.863. The smallest absolute Gasteiger partial charge is 0.180 e. The van der Waals surface area contributed by atoms with Gasteiger partial charge in [0.1, 0.15) is 0 Å². The van der Waals surface area contributed by atoms with Gasteiger partial charge in [0.2, 0.25) is 0 Å². The number of thioether (sulfide) groups is 1. The first kappa shape index (κ1) is 15.5. The van der Waals surface area contributed by atoms with Crippen LogP contribution in [0.5, 0.6) is 0 Å². The lowest BCUT2D eigenvalue weighted by Gasteiger charge is -2.05. The summed E-state index contributed by atoms with van der Waals surface area (Å²) in [5.74, 6) is 0.930. The average molecular weight is 355 g/mol. The van der Waals surface area contributed by atoms with Crippen molar-refractivity contribution < 1.29 is 0 Å². The topological polar surface area (TPSA) is 27.7 Å². The number of benzene rings is 2. The Hall–Kier alpha value is -2.05. The fourth-order valence-corrected chi connectivity index (χ4v) is 4.26. The van der Waals surface area contributed by atoms with Gasteiger partial charge in [-0.3, -0.25) is 0 Å². The second kappa shape index (κ2) is 6.11. The first-order valence-electron chi connectivity index (χ1n) is 7.85. The van der Waals surface area contributed by atoms with Crippen molar-refractivity contribution in [2.45, 2.75) is 11.7 Å². The number of fused-ring (bicyclic) bond motifs is 2. The Labute approximate surface area is 149 Å². The molecule has 0 spiro atoms. The lowest BCUT2D eigenvalue weighted by molar-refractivity contribution is 0.742. The highest BCUT2D eigenvalue weighted by molar-refractivity contribution is 7.99. The van der Waals surface area contributed by atoms with Gasteiger partial charge in [0, 0.05) is 26.4 Å². The van der Waals surface area contributed by atoms with Crippen molar-refractivity contribution in [1.82, 2.24) is 18.7 Å². The Balaban J connectivity index is 1.58. The third kappa shape index (κ3) is 2.46. The number of aromatic nitrogens is 4. The van der Waals surface area contributed by atoms with Crippen LogP contribution in [0.1, 0.15) is 0 Å². The van der Waals surface area contributed by atoms with Crippen LogP contribution in [-0.2, 0) is 20.6 Å². The van der Waals surface area contributed by atoms with E-state index in [4.69, 9.17) is 17.2 Å². The zero-order valence-corrected chi connectivity index (χ0v) is 15.3. The maximum atomic E-state index is 5.60. The van der Waals surface area contributed by atoms with Gasteiger partial charge in [-0.25, -0.2) is 4.98 Å². The molecule has 0 aliphatic rings. The van der Waals surface area contributed by atoms with E-state index in [0.29, 0.717) is 0 Å². The van der Waals surface area contributed by atoms with Crippen molar-refractivity contribution in [3.05, 3.63) is 53.3 Å². The largest absolute Gasteiger partial charge is 0.322 e. The molecule has 0 N–H and O–H groups in total. The molecule has 2 aromatic carbocycles. The zero-order valence-electron chi connectivity index (χ0n) is 13.6.